The Labute approximate surface area is 166 Å². The SMILES string of the molecule is CC(=O)Nc1ccc(S(=O)(=O)N2CCCSCC2CN2CCCCC2)cc1. The van der Waals surface area contributed by atoms with Gasteiger partial charge in [0, 0.05) is 37.5 Å². The lowest BCUT2D eigenvalue weighted by molar-refractivity contribution is -0.114. The van der Waals surface area contributed by atoms with E-state index in [1.165, 1.54) is 26.2 Å². The van der Waals surface area contributed by atoms with Crippen molar-refractivity contribution < 1.29 is 13.2 Å². The summed E-state index contributed by atoms with van der Waals surface area (Å²) in [7, 11) is -3.55. The standard InChI is InChI=1S/C19H29N3O3S2/c1-16(23)20-17-6-8-19(9-7-17)27(24,25)22-12-5-13-26-15-18(22)14-21-10-3-2-4-11-21/h6-9,18H,2-5,10-15H2,1H3,(H,20,23). The molecule has 2 heterocycles. The number of likely N-dealkylation sites (tertiary alicyclic amines) is 1. The molecule has 1 atom stereocenters. The van der Waals surface area contributed by atoms with Crippen LogP contribution >= 0.6 is 11.8 Å². The Kier molecular flexibility index (Phi) is 7.19. The summed E-state index contributed by atoms with van der Waals surface area (Å²) in [6.45, 7) is 4.96. The first-order chi connectivity index (χ1) is 13.0. The predicted molar refractivity (Wildman–Crippen MR) is 111 cm³/mol. The number of hydrogen-bond donors (Lipinski definition) is 1. The van der Waals surface area contributed by atoms with Crippen LogP contribution < -0.4 is 5.32 Å². The van der Waals surface area contributed by atoms with E-state index in [-0.39, 0.29) is 11.9 Å². The highest BCUT2D eigenvalue weighted by Crippen LogP contribution is 2.26. The molecule has 2 aliphatic rings. The minimum atomic E-state index is -3.55. The van der Waals surface area contributed by atoms with E-state index in [1.54, 1.807) is 28.6 Å². The Morgan fingerprint density at radius 1 is 1.11 bits per heavy atom. The van der Waals surface area contributed by atoms with Crippen molar-refractivity contribution >= 4 is 33.4 Å². The zero-order valence-electron chi connectivity index (χ0n) is 15.9. The van der Waals surface area contributed by atoms with E-state index >= 15 is 0 Å². The Balaban J connectivity index is 1.78. The lowest BCUT2D eigenvalue weighted by atomic mass is 10.1. The van der Waals surface area contributed by atoms with Gasteiger partial charge in [0.25, 0.3) is 0 Å². The Morgan fingerprint density at radius 3 is 2.48 bits per heavy atom. The Hall–Kier alpha value is -1.09. The van der Waals surface area contributed by atoms with Gasteiger partial charge in [-0.1, -0.05) is 6.42 Å². The number of rotatable bonds is 5. The second kappa shape index (κ2) is 9.41. The monoisotopic (exact) mass is 411 g/mol. The van der Waals surface area contributed by atoms with Crippen LogP contribution in [0.1, 0.15) is 32.6 Å². The maximum Gasteiger partial charge on any atom is 0.243 e. The van der Waals surface area contributed by atoms with Gasteiger partial charge in [-0.25, -0.2) is 8.42 Å². The number of carbonyl (C=O) groups is 1. The summed E-state index contributed by atoms with van der Waals surface area (Å²) in [5.41, 5.74) is 0.609. The first-order valence-corrected chi connectivity index (χ1v) is 12.3. The molecule has 1 aromatic rings. The van der Waals surface area contributed by atoms with Gasteiger partial charge < -0.3 is 10.2 Å². The average molecular weight is 412 g/mol. The molecule has 0 radical (unpaired) electrons. The van der Waals surface area contributed by atoms with E-state index in [4.69, 9.17) is 0 Å². The summed E-state index contributed by atoms with van der Waals surface area (Å²) in [5, 5.41) is 2.68. The predicted octanol–water partition coefficient (Wildman–Crippen LogP) is 2.63. The zero-order chi connectivity index (χ0) is 19.3. The van der Waals surface area contributed by atoms with Crippen LogP contribution in [0.4, 0.5) is 5.69 Å². The molecule has 1 N–H and O–H groups in total. The molecule has 0 aromatic heterocycles. The lowest BCUT2D eigenvalue weighted by Crippen LogP contribution is -2.49. The van der Waals surface area contributed by atoms with Crippen LogP contribution in [-0.4, -0.2) is 67.3 Å². The molecular formula is C19H29N3O3S2. The van der Waals surface area contributed by atoms with Crippen molar-refractivity contribution in [2.24, 2.45) is 0 Å². The molecule has 2 aliphatic heterocycles. The van der Waals surface area contributed by atoms with Gasteiger partial charge in [0.05, 0.1) is 4.90 Å². The van der Waals surface area contributed by atoms with Crippen molar-refractivity contribution in [2.45, 2.75) is 43.5 Å². The highest BCUT2D eigenvalue weighted by molar-refractivity contribution is 7.99. The average Bonchev–Trinajstić information content (AvgIpc) is 2.88. The molecule has 1 aromatic carbocycles. The number of piperidine rings is 1. The van der Waals surface area contributed by atoms with Gasteiger partial charge in [-0.2, -0.15) is 16.1 Å². The van der Waals surface area contributed by atoms with Crippen LogP contribution in [0.3, 0.4) is 0 Å². The molecule has 0 saturated carbocycles. The van der Waals surface area contributed by atoms with Gasteiger partial charge in [-0.15, -0.1) is 0 Å². The third kappa shape index (κ3) is 5.47. The van der Waals surface area contributed by atoms with E-state index in [9.17, 15) is 13.2 Å². The first kappa shape index (κ1) is 20.6. The zero-order valence-corrected chi connectivity index (χ0v) is 17.5. The van der Waals surface area contributed by atoms with Crippen molar-refractivity contribution in [3.8, 4) is 0 Å². The van der Waals surface area contributed by atoms with Gasteiger partial charge in [0.15, 0.2) is 0 Å². The molecule has 8 heteroatoms. The molecule has 0 aliphatic carbocycles. The Morgan fingerprint density at radius 2 is 1.81 bits per heavy atom. The number of benzene rings is 1. The summed E-state index contributed by atoms with van der Waals surface area (Å²) in [5.74, 6) is 1.68. The number of nitrogens with one attached hydrogen (secondary N) is 1. The molecule has 150 valence electrons. The first-order valence-electron chi connectivity index (χ1n) is 9.66. The molecule has 3 rings (SSSR count). The van der Waals surface area contributed by atoms with Crippen molar-refractivity contribution in [3.05, 3.63) is 24.3 Å². The Bertz CT molecular complexity index is 731. The van der Waals surface area contributed by atoms with Gasteiger partial charge >= 0.3 is 0 Å². The van der Waals surface area contributed by atoms with Crippen molar-refractivity contribution in [1.29, 1.82) is 0 Å². The summed E-state index contributed by atoms with van der Waals surface area (Å²) < 4.78 is 28.4. The third-order valence-electron chi connectivity index (χ3n) is 5.08. The molecule has 1 amide bonds. The van der Waals surface area contributed by atoms with Crippen LogP contribution in [0.5, 0.6) is 0 Å². The number of anilines is 1. The maximum atomic E-state index is 13.3. The molecule has 1 unspecified atom stereocenters. The normalized spacial score (nSPS) is 22.9. The van der Waals surface area contributed by atoms with Crippen molar-refractivity contribution in [2.75, 3.05) is 43.0 Å². The number of thioether (sulfide) groups is 1. The van der Waals surface area contributed by atoms with Crippen molar-refractivity contribution in [3.63, 3.8) is 0 Å². The fourth-order valence-electron chi connectivity index (χ4n) is 3.76. The lowest BCUT2D eigenvalue weighted by Gasteiger charge is -2.35. The van der Waals surface area contributed by atoms with E-state index in [0.717, 1.165) is 37.6 Å². The third-order valence-corrected chi connectivity index (χ3v) is 8.25. The van der Waals surface area contributed by atoms with Gasteiger partial charge in [0.1, 0.15) is 0 Å². The topological polar surface area (TPSA) is 69.7 Å². The summed E-state index contributed by atoms with van der Waals surface area (Å²) in [6, 6.07) is 6.50. The molecule has 0 spiro atoms. The van der Waals surface area contributed by atoms with Crippen LogP contribution in [0.15, 0.2) is 29.2 Å². The second-order valence-electron chi connectivity index (χ2n) is 7.26. The number of carbonyl (C=O) groups excluding carboxylic acids is 1. The van der Waals surface area contributed by atoms with E-state index in [1.807, 2.05) is 11.8 Å². The highest BCUT2D eigenvalue weighted by atomic mass is 32.2. The van der Waals surface area contributed by atoms with Gasteiger partial charge in [0.2, 0.25) is 15.9 Å². The highest BCUT2D eigenvalue weighted by Gasteiger charge is 2.33. The fraction of sp³-hybridized carbons (Fsp3) is 0.632. The fourth-order valence-corrected chi connectivity index (χ4v) is 6.56. The summed E-state index contributed by atoms with van der Waals surface area (Å²) in [4.78, 5) is 13.9. The minimum Gasteiger partial charge on any atom is -0.326 e. The van der Waals surface area contributed by atoms with E-state index < -0.39 is 10.0 Å². The minimum absolute atomic E-state index is 0.00983. The number of hydrogen-bond acceptors (Lipinski definition) is 5. The number of amides is 1. The van der Waals surface area contributed by atoms with E-state index in [2.05, 4.69) is 10.2 Å². The second-order valence-corrected chi connectivity index (χ2v) is 10.3. The van der Waals surface area contributed by atoms with Crippen LogP contribution in [0.25, 0.3) is 0 Å². The summed E-state index contributed by atoms with van der Waals surface area (Å²) in [6.07, 6.45) is 4.57. The van der Waals surface area contributed by atoms with Crippen LogP contribution in [0, 0.1) is 0 Å². The molecule has 27 heavy (non-hydrogen) atoms. The smallest absolute Gasteiger partial charge is 0.243 e. The molecule has 2 saturated heterocycles. The molecular weight excluding hydrogens is 382 g/mol. The van der Waals surface area contributed by atoms with Crippen LogP contribution in [0.2, 0.25) is 0 Å². The molecule has 0 bridgehead atoms. The largest absolute Gasteiger partial charge is 0.326 e. The molecule has 2 fully saturated rings. The van der Waals surface area contributed by atoms with E-state index in [0.29, 0.717) is 17.1 Å². The quantitative estimate of drug-likeness (QED) is 0.807. The van der Waals surface area contributed by atoms with Gasteiger partial charge in [-0.3, -0.25) is 4.79 Å². The van der Waals surface area contributed by atoms with Crippen molar-refractivity contribution in [1.82, 2.24) is 9.21 Å². The molecule has 6 nitrogen and oxygen atoms in total. The summed E-state index contributed by atoms with van der Waals surface area (Å²) >= 11 is 1.86. The van der Waals surface area contributed by atoms with Crippen LogP contribution in [-0.2, 0) is 14.8 Å². The number of sulfonamides is 1. The number of nitrogens with zero attached hydrogens (tertiary/aromatic N) is 2. The maximum absolute atomic E-state index is 13.3. The van der Waals surface area contributed by atoms with Gasteiger partial charge in [-0.05, 0) is 62.4 Å².